The molecule has 92 valence electrons. The van der Waals surface area contributed by atoms with Crippen molar-refractivity contribution in [1.29, 1.82) is 0 Å². The fourth-order valence-electron chi connectivity index (χ4n) is 1.72. The van der Waals surface area contributed by atoms with Crippen LogP contribution in [0.5, 0.6) is 0 Å². The van der Waals surface area contributed by atoms with E-state index in [2.05, 4.69) is 0 Å². The first kappa shape index (κ1) is 12.8. The average molecular weight is 232 g/mol. The first-order valence-corrected chi connectivity index (χ1v) is 5.12. The van der Waals surface area contributed by atoms with Gasteiger partial charge in [0.05, 0.1) is 13.2 Å². The van der Waals surface area contributed by atoms with Crippen LogP contribution in [0.4, 0.5) is 0 Å². The maximum Gasteiger partial charge on any atom is 0.378 e. The summed E-state index contributed by atoms with van der Waals surface area (Å²) < 4.78 is 10.1. The first-order chi connectivity index (χ1) is 7.53. The van der Waals surface area contributed by atoms with Gasteiger partial charge in [-0.15, -0.1) is 0 Å². The smallest absolute Gasteiger partial charge is 0.378 e. The van der Waals surface area contributed by atoms with Crippen LogP contribution in [-0.4, -0.2) is 46.2 Å². The molecule has 1 heterocycles. The van der Waals surface area contributed by atoms with Crippen LogP contribution in [0.2, 0.25) is 0 Å². The van der Waals surface area contributed by atoms with E-state index in [1.807, 2.05) is 0 Å². The van der Waals surface area contributed by atoms with Crippen LogP contribution in [0.15, 0.2) is 11.5 Å². The Morgan fingerprint density at radius 1 is 1.50 bits per heavy atom. The number of hydrogen-bond acceptors (Lipinski definition) is 6. The molecular formula is C10H16O6. The van der Waals surface area contributed by atoms with Gasteiger partial charge < -0.3 is 24.8 Å². The van der Waals surface area contributed by atoms with E-state index in [9.17, 15) is 15.0 Å². The second-order valence-corrected chi connectivity index (χ2v) is 3.44. The van der Waals surface area contributed by atoms with Crippen LogP contribution >= 0.6 is 0 Å². The summed E-state index contributed by atoms with van der Waals surface area (Å²) in [6.45, 7) is 2.96. The van der Waals surface area contributed by atoms with Gasteiger partial charge in [0.25, 0.3) is 0 Å². The zero-order valence-electron chi connectivity index (χ0n) is 9.27. The molecule has 1 aliphatic rings. The molecule has 1 aliphatic heterocycles. The molecule has 0 saturated heterocycles. The molecule has 0 bridgehead atoms. The number of carbonyl (C=O) groups excluding carboxylic acids is 1. The van der Waals surface area contributed by atoms with Gasteiger partial charge in [0, 0.05) is 0 Å². The van der Waals surface area contributed by atoms with E-state index in [4.69, 9.17) is 14.6 Å². The number of cyclic esters (lactones) is 1. The summed E-state index contributed by atoms with van der Waals surface area (Å²) in [6.07, 6.45) is -1.13. The molecule has 0 aromatic carbocycles. The van der Waals surface area contributed by atoms with Gasteiger partial charge in [-0.3, -0.25) is 0 Å². The molecule has 3 N–H and O–H groups in total. The fraction of sp³-hybridized carbons (Fsp3) is 0.700. The lowest BCUT2D eigenvalue weighted by molar-refractivity contribution is -0.165. The molecule has 1 rings (SSSR count). The number of aliphatic hydroxyl groups excluding tert-OH is 3. The Kier molecular flexibility index (Phi) is 3.77. The van der Waals surface area contributed by atoms with E-state index in [1.54, 1.807) is 13.8 Å². The van der Waals surface area contributed by atoms with Crippen molar-refractivity contribution in [3.05, 3.63) is 11.5 Å². The standard InChI is InChI=1S/C10H16O6/c1-3-10(6(12)5-11)8(15-4-2)7(13)9(14)16-10/h6,11-13H,3-5H2,1-2H3/t6-,10+/m0/s1. The maximum atomic E-state index is 11.3. The molecule has 16 heavy (non-hydrogen) atoms. The van der Waals surface area contributed by atoms with E-state index >= 15 is 0 Å². The van der Waals surface area contributed by atoms with Gasteiger partial charge in [-0.1, -0.05) is 6.92 Å². The van der Waals surface area contributed by atoms with Gasteiger partial charge in [0.1, 0.15) is 6.10 Å². The minimum absolute atomic E-state index is 0.107. The van der Waals surface area contributed by atoms with Gasteiger partial charge in [-0.05, 0) is 13.3 Å². The molecule has 0 aromatic heterocycles. The van der Waals surface area contributed by atoms with Crippen molar-refractivity contribution in [3.63, 3.8) is 0 Å². The van der Waals surface area contributed by atoms with Crippen LogP contribution in [-0.2, 0) is 14.3 Å². The normalized spacial score (nSPS) is 26.9. The molecule has 2 atom stereocenters. The Morgan fingerprint density at radius 2 is 2.12 bits per heavy atom. The zero-order valence-corrected chi connectivity index (χ0v) is 9.27. The van der Waals surface area contributed by atoms with Crippen LogP contribution in [0.1, 0.15) is 20.3 Å². The number of rotatable bonds is 5. The Labute approximate surface area is 93.1 Å². The number of ether oxygens (including phenoxy) is 2. The van der Waals surface area contributed by atoms with Crippen LogP contribution in [0.3, 0.4) is 0 Å². The highest BCUT2D eigenvalue weighted by atomic mass is 16.6. The van der Waals surface area contributed by atoms with Gasteiger partial charge in [-0.2, -0.15) is 0 Å². The van der Waals surface area contributed by atoms with Crippen molar-refractivity contribution < 1.29 is 29.6 Å². The largest absolute Gasteiger partial charge is 0.499 e. The van der Waals surface area contributed by atoms with Crippen LogP contribution in [0, 0.1) is 0 Å². The van der Waals surface area contributed by atoms with E-state index in [0.29, 0.717) is 0 Å². The molecule has 0 fully saturated rings. The summed E-state index contributed by atoms with van der Waals surface area (Å²) in [5.74, 6) is -1.70. The first-order valence-electron chi connectivity index (χ1n) is 5.12. The lowest BCUT2D eigenvalue weighted by Crippen LogP contribution is -2.47. The van der Waals surface area contributed by atoms with Gasteiger partial charge >= 0.3 is 5.97 Å². The predicted molar refractivity (Wildman–Crippen MR) is 53.5 cm³/mol. The minimum atomic E-state index is -1.48. The Morgan fingerprint density at radius 3 is 2.56 bits per heavy atom. The third-order valence-corrected chi connectivity index (χ3v) is 2.59. The Balaban J connectivity index is 3.15. The molecule has 6 heteroatoms. The van der Waals surface area contributed by atoms with Crippen molar-refractivity contribution in [3.8, 4) is 0 Å². The number of esters is 1. The van der Waals surface area contributed by atoms with E-state index in [-0.39, 0.29) is 18.8 Å². The maximum absolute atomic E-state index is 11.3. The SMILES string of the molecule is CCOC1=C(O)C(=O)O[C@]1(CC)[C@@H](O)CO. The monoisotopic (exact) mass is 232 g/mol. The third-order valence-electron chi connectivity index (χ3n) is 2.59. The van der Waals surface area contributed by atoms with Crippen molar-refractivity contribution in [2.24, 2.45) is 0 Å². The highest BCUT2D eigenvalue weighted by Crippen LogP contribution is 2.38. The molecular weight excluding hydrogens is 216 g/mol. The molecule has 0 amide bonds. The van der Waals surface area contributed by atoms with Gasteiger partial charge in [0.2, 0.25) is 11.4 Å². The summed E-state index contributed by atoms with van der Waals surface area (Å²) >= 11 is 0. The second-order valence-electron chi connectivity index (χ2n) is 3.44. The van der Waals surface area contributed by atoms with Crippen molar-refractivity contribution >= 4 is 5.97 Å². The summed E-state index contributed by atoms with van der Waals surface area (Å²) in [5, 5.41) is 28.1. The Bertz CT molecular complexity index is 310. The highest BCUT2D eigenvalue weighted by Gasteiger charge is 2.53. The third kappa shape index (κ3) is 1.74. The minimum Gasteiger partial charge on any atom is -0.499 e. The predicted octanol–water partition coefficient (Wildman–Crippen LogP) is -0.149. The summed E-state index contributed by atoms with van der Waals surface area (Å²) in [7, 11) is 0. The molecule has 0 spiro atoms. The van der Waals surface area contributed by atoms with Crippen LogP contribution < -0.4 is 0 Å². The number of hydrogen-bond donors (Lipinski definition) is 3. The quantitative estimate of drug-likeness (QED) is 0.570. The molecule has 0 saturated carbocycles. The van der Waals surface area contributed by atoms with Gasteiger partial charge in [-0.25, -0.2) is 4.79 Å². The van der Waals surface area contributed by atoms with Crippen molar-refractivity contribution in [2.75, 3.05) is 13.2 Å². The van der Waals surface area contributed by atoms with Crippen LogP contribution in [0.25, 0.3) is 0 Å². The van der Waals surface area contributed by atoms with E-state index in [1.165, 1.54) is 0 Å². The van der Waals surface area contributed by atoms with E-state index < -0.39 is 30.0 Å². The number of carbonyl (C=O) groups is 1. The zero-order chi connectivity index (χ0) is 12.3. The Hall–Kier alpha value is -1.27. The molecule has 0 aliphatic carbocycles. The molecule has 6 nitrogen and oxygen atoms in total. The lowest BCUT2D eigenvalue weighted by Gasteiger charge is -2.32. The second kappa shape index (κ2) is 4.71. The van der Waals surface area contributed by atoms with Crippen molar-refractivity contribution in [1.82, 2.24) is 0 Å². The summed E-state index contributed by atoms with van der Waals surface area (Å²) in [6, 6.07) is 0. The highest BCUT2D eigenvalue weighted by molar-refractivity contribution is 5.90. The average Bonchev–Trinajstić information content (AvgIpc) is 2.54. The van der Waals surface area contributed by atoms with E-state index in [0.717, 1.165) is 0 Å². The van der Waals surface area contributed by atoms with Crippen molar-refractivity contribution in [2.45, 2.75) is 32.0 Å². The topological polar surface area (TPSA) is 96.2 Å². The molecule has 0 aromatic rings. The lowest BCUT2D eigenvalue weighted by atomic mass is 9.92. The summed E-state index contributed by atoms with van der Waals surface area (Å²) in [4.78, 5) is 11.3. The fourth-order valence-corrected chi connectivity index (χ4v) is 1.72. The molecule has 0 unspecified atom stereocenters. The van der Waals surface area contributed by atoms with Gasteiger partial charge in [0.15, 0.2) is 5.76 Å². The summed E-state index contributed by atoms with van der Waals surface area (Å²) in [5.41, 5.74) is -1.48. The number of aliphatic hydroxyl groups is 3. The molecule has 0 radical (unpaired) electrons.